The molecule has 1 aromatic heterocycles. The number of nitrogens with one attached hydrogen (secondary N) is 1. The first kappa shape index (κ1) is 17.3. The van der Waals surface area contributed by atoms with Crippen molar-refractivity contribution in [1.82, 2.24) is 15.3 Å². The lowest BCUT2D eigenvalue weighted by molar-refractivity contribution is -0.129. The molecule has 6 heteroatoms. The second kappa shape index (κ2) is 8.05. The summed E-state index contributed by atoms with van der Waals surface area (Å²) in [7, 11) is 0. The molecular formula is C19H23N3O3. The third kappa shape index (κ3) is 4.53. The Labute approximate surface area is 147 Å². The fourth-order valence-electron chi connectivity index (χ4n) is 3.11. The van der Waals surface area contributed by atoms with Gasteiger partial charge in [0, 0.05) is 18.4 Å². The number of fused-ring (bicyclic) bond motifs is 1. The molecular weight excluding hydrogens is 318 g/mol. The summed E-state index contributed by atoms with van der Waals surface area (Å²) in [6, 6.07) is 5.16. The van der Waals surface area contributed by atoms with Crippen LogP contribution in [0.4, 0.5) is 0 Å². The van der Waals surface area contributed by atoms with Gasteiger partial charge in [-0.1, -0.05) is 25.7 Å². The molecule has 1 N–H and O–H groups in total. The Balaban J connectivity index is 1.59. The van der Waals surface area contributed by atoms with Gasteiger partial charge in [-0.15, -0.1) is 0 Å². The molecule has 1 amide bonds. The van der Waals surface area contributed by atoms with Gasteiger partial charge in [0.15, 0.2) is 6.10 Å². The van der Waals surface area contributed by atoms with Gasteiger partial charge in [-0.25, -0.2) is 4.79 Å². The Kier molecular flexibility index (Phi) is 5.58. The van der Waals surface area contributed by atoms with Crippen molar-refractivity contribution in [2.75, 3.05) is 0 Å². The number of hydrogen-bond acceptors (Lipinski definition) is 5. The second-order valence-corrected chi connectivity index (χ2v) is 6.50. The molecule has 25 heavy (non-hydrogen) atoms. The molecule has 0 aliphatic heterocycles. The number of amides is 1. The molecule has 0 unspecified atom stereocenters. The highest BCUT2D eigenvalue weighted by molar-refractivity contribution is 5.95. The van der Waals surface area contributed by atoms with E-state index in [1.165, 1.54) is 12.8 Å². The lowest BCUT2D eigenvalue weighted by Gasteiger charge is -2.19. The first-order valence-electron chi connectivity index (χ1n) is 8.85. The largest absolute Gasteiger partial charge is 0.449 e. The summed E-state index contributed by atoms with van der Waals surface area (Å²) >= 11 is 0. The molecule has 0 spiro atoms. The van der Waals surface area contributed by atoms with Gasteiger partial charge in [0.25, 0.3) is 5.91 Å². The molecule has 1 aliphatic rings. The molecule has 1 atom stereocenters. The average molecular weight is 341 g/mol. The summed E-state index contributed by atoms with van der Waals surface area (Å²) in [5.74, 6) is -0.767. The Morgan fingerprint density at radius 2 is 1.76 bits per heavy atom. The fraction of sp³-hybridized carbons (Fsp3) is 0.474. The van der Waals surface area contributed by atoms with Crippen molar-refractivity contribution in [3.63, 3.8) is 0 Å². The number of hydrogen-bond donors (Lipinski definition) is 1. The van der Waals surface area contributed by atoms with Crippen LogP contribution in [-0.2, 0) is 9.53 Å². The van der Waals surface area contributed by atoms with Gasteiger partial charge in [-0.3, -0.25) is 14.8 Å². The van der Waals surface area contributed by atoms with Crippen LogP contribution in [0.25, 0.3) is 11.0 Å². The van der Waals surface area contributed by atoms with Crippen molar-refractivity contribution in [1.29, 1.82) is 0 Å². The monoisotopic (exact) mass is 341 g/mol. The van der Waals surface area contributed by atoms with Crippen LogP contribution in [-0.4, -0.2) is 34.0 Å². The molecule has 3 rings (SSSR count). The molecule has 6 nitrogen and oxygen atoms in total. The zero-order chi connectivity index (χ0) is 17.6. The van der Waals surface area contributed by atoms with Gasteiger partial charge in [0.2, 0.25) is 0 Å². The minimum Gasteiger partial charge on any atom is -0.449 e. The van der Waals surface area contributed by atoms with E-state index in [2.05, 4.69) is 15.3 Å². The molecule has 0 saturated heterocycles. The van der Waals surface area contributed by atoms with Crippen LogP contribution in [0.15, 0.2) is 30.6 Å². The highest BCUT2D eigenvalue weighted by atomic mass is 16.5. The van der Waals surface area contributed by atoms with Crippen LogP contribution in [0.5, 0.6) is 0 Å². The summed E-state index contributed by atoms with van der Waals surface area (Å²) in [4.78, 5) is 32.9. The van der Waals surface area contributed by atoms with Gasteiger partial charge in [-0.2, -0.15) is 0 Å². The van der Waals surface area contributed by atoms with Crippen LogP contribution < -0.4 is 5.32 Å². The van der Waals surface area contributed by atoms with Crippen molar-refractivity contribution in [3.8, 4) is 0 Å². The van der Waals surface area contributed by atoms with E-state index in [0.29, 0.717) is 16.6 Å². The van der Waals surface area contributed by atoms with E-state index in [9.17, 15) is 9.59 Å². The highest BCUT2D eigenvalue weighted by Crippen LogP contribution is 2.18. The molecule has 1 aliphatic carbocycles. The first-order valence-corrected chi connectivity index (χ1v) is 8.85. The summed E-state index contributed by atoms with van der Waals surface area (Å²) in [6.07, 6.45) is 9.05. The van der Waals surface area contributed by atoms with Crippen molar-refractivity contribution < 1.29 is 14.3 Å². The standard InChI is InChI=1S/C19H23N3O3/c1-13(18(23)22-15-6-4-2-3-5-7-15)25-19(24)14-8-9-16-17(12-14)21-11-10-20-16/h8-13,15H,2-7H2,1H3,(H,22,23)/t13-/m0/s1. The highest BCUT2D eigenvalue weighted by Gasteiger charge is 2.22. The molecule has 0 radical (unpaired) electrons. The zero-order valence-corrected chi connectivity index (χ0v) is 14.4. The van der Waals surface area contributed by atoms with Crippen LogP contribution in [0.2, 0.25) is 0 Å². The maximum absolute atomic E-state index is 12.3. The number of carbonyl (C=O) groups excluding carboxylic acids is 2. The number of esters is 1. The van der Waals surface area contributed by atoms with E-state index in [4.69, 9.17) is 4.74 Å². The predicted octanol–water partition coefficient (Wildman–Crippen LogP) is 3.01. The molecule has 0 bridgehead atoms. The number of ether oxygens (including phenoxy) is 1. The normalized spacial score (nSPS) is 16.8. The zero-order valence-electron chi connectivity index (χ0n) is 14.4. The molecule has 132 valence electrons. The number of carbonyl (C=O) groups is 2. The molecule has 1 fully saturated rings. The van der Waals surface area contributed by atoms with E-state index in [0.717, 1.165) is 25.7 Å². The number of rotatable bonds is 4. The first-order chi connectivity index (χ1) is 12.1. The second-order valence-electron chi connectivity index (χ2n) is 6.50. The topological polar surface area (TPSA) is 81.2 Å². The van der Waals surface area contributed by atoms with Crippen LogP contribution in [0.3, 0.4) is 0 Å². The fourth-order valence-corrected chi connectivity index (χ4v) is 3.11. The van der Waals surface area contributed by atoms with Crippen LogP contribution in [0.1, 0.15) is 55.8 Å². The number of benzene rings is 1. The maximum Gasteiger partial charge on any atom is 0.338 e. The van der Waals surface area contributed by atoms with E-state index < -0.39 is 12.1 Å². The van der Waals surface area contributed by atoms with Gasteiger partial charge in [0.1, 0.15) is 0 Å². The third-order valence-corrected chi connectivity index (χ3v) is 4.56. The smallest absolute Gasteiger partial charge is 0.338 e. The van der Waals surface area contributed by atoms with Crippen LogP contribution >= 0.6 is 0 Å². The Morgan fingerprint density at radius 3 is 2.48 bits per heavy atom. The van der Waals surface area contributed by atoms with Gasteiger partial charge >= 0.3 is 5.97 Å². The maximum atomic E-state index is 12.3. The Morgan fingerprint density at radius 1 is 1.08 bits per heavy atom. The minimum absolute atomic E-state index is 0.187. The SMILES string of the molecule is C[C@H](OC(=O)c1ccc2nccnc2c1)C(=O)NC1CCCCCC1. The summed E-state index contributed by atoms with van der Waals surface area (Å²) in [6.45, 7) is 1.60. The van der Waals surface area contributed by atoms with Crippen molar-refractivity contribution in [2.45, 2.75) is 57.6 Å². The Hall–Kier alpha value is -2.50. The Bertz CT molecular complexity index is 754. The molecule has 1 aromatic carbocycles. The van der Waals surface area contributed by atoms with Crippen molar-refractivity contribution in [2.24, 2.45) is 0 Å². The number of nitrogens with zero attached hydrogens (tertiary/aromatic N) is 2. The van der Waals surface area contributed by atoms with E-state index in [-0.39, 0.29) is 11.9 Å². The quantitative estimate of drug-likeness (QED) is 0.683. The molecule has 1 heterocycles. The lowest BCUT2D eigenvalue weighted by atomic mass is 10.1. The van der Waals surface area contributed by atoms with Gasteiger partial charge < -0.3 is 10.1 Å². The van der Waals surface area contributed by atoms with E-state index in [1.54, 1.807) is 37.5 Å². The summed E-state index contributed by atoms with van der Waals surface area (Å²) < 4.78 is 5.32. The predicted molar refractivity (Wildman–Crippen MR) is 94.0 cm³/mol. The molecule has 1 saturated carbocycles. The minimum atomic E-state index is -0.826. The van der Waals surface area contributed by atoms with Crippen molar-refractivity contribution >= 4 is 22.9 Å². The summed E-state index contributed by atoms with van der Waals surface area (Å²) in [5, 5.41) is 3.01. The average Bonchev–Trinajstić information content (AvgIpc) is 2.89. The number of aromatic nitrogens is 2. The van der Waals surface area contributed by atoms with Crippen molar-refractivity contribution in [3.05, 3.63) is 36.2 Å². The third-order valence-electron chi connectivity index (χ3n) is 4.56. The van der Waals surface area contributed by atoms with Crippen LogP contribution in [0, 0.1) is 0 Å². The van der Waals surface area contributed by atoms with E-state index in [1.807, 2.05) is 0 Å². The van der Waals surface area contributed by atoms with E-state index >= 15 is 0 Å². The lowest BCUT2D eigenvalue weighted by Crippen LogP contribution is -2.41. The van der Waals surface area contributed by atoms with Gasteiger partial charge in [-0.05, 0) is 38.0 Å². The molecule has 2 aromatic rings. The summed E-state index contributed by atoms with van der Waals surface area (Å²) in [5.41, 5.74) is 1.69. The van der Waals surface area contributed by atoms with Gasteiger partial charge in [0.05, 0.1) is 16.6 Å².